The van der Waals surface area contributed by atoms with Gasteiger partial charge in [0.2, 0.25) is 0 Å². The highest BCUT2D eigenvalue weighted by Gasteiger charge is 2.10. The summed E-state index contributed by atoms with van der Waals surface area (Å²) in [6.45, 7) is 4.17. The van der Waals surface area contributed by atoms with Crippen molar-refractivity contribution in [3.8, 4) is 0 Å². The lowest BCUT2D eigenvalue weighted by Crippen LogP contribution is -2.26. The highest BCUT2D eigenvalue weighted by Crippen LogP contribution is 2.12. The topological polar surface area (TPSA) is 58.4 Å². The standard InChI is InChI=1S/C15H22FN3O/c16-13-6-5-12(11-14(13)17)15(20)18-7-1-2-8-19-9-3-4-10-19/h5-6,11H,1-4,7-10,17H2,(H,18,20). The van der Waals surface area contributed by atoms with Crippen LogP contribution in [0.25, 0.3) is 0 Å². The SMILES string of the molecule is Nc1cc(C(=O)NCCCCN2CCCC2)ccc1F. The van der Waals surface area contributed by atoms with E-state index in [1.807, 2.05) is 0 Å². The summed E-state index contributed by atoms with van der Waals surface area (Å²) in [5.74, 6) is -0.690. The average Bonchev–Trinajstić information content (AvgIpc) is 2.94. The van der Waals surface area contributed by atoms with Crippen LogP contribution in [0.4, 0.5) is 10.1 Å². The van der Waals surface area contributed by atoms with Gasteiger partial charge in [-0.3, -0.25) is 4.79 Å². The van der Waals surface area contributed by atoms with E-state index in [2.05, 4.69) is 10.2 Å². The van der Waals surface area contributed by atoms with Gasteiger partial charge in [-0.05, 0) is 63.5 Å². The van der Waals surface area contributed by atoms with Gasteiger partial charge in [0.25, 0.3) is 5.91 Å². The maximum absolute atomic E-state index is 13.0. The molecule has 4 nitrogen and oxygen atoms in total. The predicted octanol–water partition coefficient (Wildman–Crippen LogP) is 2.01. The van der Waals surface area contributed by atoms with Crippen molar-refractivity contribution < 1.29 is 9.18 Å². The molecule has 20 heavy (non-hydrogen) atoms. The third kappa shape index (κ3) is 4.20. The number of hydrogen-bond donors (Lipinski definition) is 2. The maximum Gasteiger partial charge on any atom is 0.251 e. The summed E-state index contributed by atoms with van der Waals surface area (Å²) < 4.78 is 13.0. The van der Waals surface area contributed by atoms with Crippen molar-refractivity contribution in [1.82, 2.24) is 10.2 Å². The van der Waals surface area contributed by atoms with Crippen molar-refractivity contribution in [2.75, 3.05) is 31.9 Å². The van der Waals surface area contributed by atoms with E-state index in [9.17, 15) is 9.18 Å². The number of likely N-dealkylation sites (tertiary alicyclic amines) is 1. The number of nitrogens with one attached hydrogen (secondary N) is 1. The number of nitrogens with zero attached hydrogens (tertiary/aromatic N) is 1. The minimum atomic E-state index is -0.493. The predicted molar refractivity (Wildman–Crippen MR) is 78.1 cm³/mol. The number of carbonyl (C=O) groups is 1. The number of nitrogens with two attached hydrogens (primary N) is 1. The zero-order chi connectivity index (χ0) is 14.4. The van der Waals surface area contributed by atoms with Crippen LogP contribution in [-0.2, 0) is 0 Å². The van der Waals surface area contributed by atoms with Gasteiger partial charge in [0.15, 0.2) is 0 Å². The molecule has 1 aromatic carbocycles. The quantitative estimate of drug-likeness (QED) is 0.618. The fraction of sp³-hybridized carbons (Fsp3) is 0.533. The first-order chi connectivity index (χ1) is 9.66. The van der Waals surface area contributed by atoms with E-state index in [1.165, 1.54) is 44.1 Å². The van der Waals surface area contributed by atoms with Gasteiger partial charge in [0, 0.05) is 12.1 Å². The fourth-order valence-corrected chi connectivity index (χ4v) is 2.46. The van der Waals surface area contributed by atoms with Gasteiger partial charge < -0.3 is 16.0 Å². The minimum Gasteiger partial charge on any atom is -0.396 e. The van der Waals surface area contributed by atoms with E-state index < -0.39 is 5.82 Å². The number of hydrogen-bond acceptors (Lipinski definition) is 3. The molecule has 1 fully saturated rings. The Hall–Kier alpha value is -1.62. The van der Waals surface area contributed by atoms with Crippen LogP contribution in [0.2, 0.25) is 0 Å². The largest absolute Gasteiger partial charge is 0.396 e. The summed E-state index contributed by atoms with van der Waals surface area (Å²) >= 11 is 0. The fourth-order valence-electron chi connectivity index (χ4n) is 2.46. The second-order valence-electron chi connectivity index (χ2n) is 5.25. The molecule has 0 bridgehead atoms. The van der Waals surface area contributed by atoms with Crippen molar-refractivity contribution in [2.24, 2.45) is 0 Å². The maximum atomic E-state index is 13.0. The van der Waals surface area contributed by atoms with Gasteiger partial charge in [-0.1, -0.05) is 0 Å². The molecule has 3 N–H and O–H groups in total. The van der Waals surface area contributed by atoms with E-state index in [-0.39, 0.29) is 11.6 Å². The summed E-state index contributed by atoms with van der Waals surface area (Å²) in [6, 6.07) is 4.04. The second-order valence-corrected chi connectivity index (χ2v) is 5.25. The highest BCUT2D eigenvalue weighted by atomic mass is 19.1. The van der Waals surface area contributed by atoms with Crippen LogP contribution in [0.1, 0.15) is 36.0 Å². The summed E-state index contributed by atoms with van der Waals surface area (Å²) in [5.41, 5.74) is 5.86. The van der Waals surface area contributed by atoms with E-state index >= 15 is 0 Å². The Morgan fingerprint density at radius 3 is 2.75 bits per heavy atom. The zero-order valence-corrected chi connectivity index (χ0v) is 11.7. The lowest BCUT2D eigenvalue weighted by Gasteiger charge is -2.14. The van der Waals surface area contributed by atoms with Gasteiger partial charge in [0.1, 0.15) is 5.82 Å². The molecule has 0 radical (unpaired) electrons. The van der Waals surface area contributed by atoms with Crippen LogP contribution >= 0.6 is 0 Å². The molecule has 0 aromatic heterocycles. The van der Waals surface area contributed by atoms with Gasteiger partial charge >= 0.3 is 0 Å². The Bertz CT molecular complexity index is 458. The smallest absolute Gasteiger partial charge is 0.251 e. The number of benzene rings is 1. The number of amides is 1. The molecule has 0 unspecified atom stereocenters. The van der Waals surface area contributed by atoms with Crippen LogP contribution in [-0.4, -0.2) is 37.0 Å². The van der Waals surface area contributed by atoms with Crippen LogP contribution in [0.5, 0.6) is 0 Å². The van der Waals surface area contributed by atoms with Crippen molar-refractivity contribution in [1.29, 1.82) is 0 Å². The average molecular weight is 279 g/mol. The van der Waals surface area contributed by atoms with E-state index in [4.69, 9.17) is 5.73 Å². The van der Waals surface area contributed by atoms with Gasteiger partial charge in [0.05, 0.1) is 5.69 Å². The molecule has 1 aromatic rings. The first-order valence-corrected chi connectivity index (χ1v) is 7.22. The molecule has 0 atom stereocenters. The Morgan fingerprint density at radius 2 is 2.05 bits per heavy atom. The monoisotopic (exact) mass is 279 g/mol. The van der Waals surface area contributed by atoms with Crippen molar-refractivity contribution in [3.05, 3.63) is 29.6 Å². The first kappa shape index (κ1) is 14.8. The third-order valence-electron chi connectivity index (χ3n) is 3.64. The second kappa shape index (κ2) is 7.24. The number of rotatable bonds is 6. The van der Waals surface area contributed by atoms with Gasteiger partial charge in [-0.2, -0.15) is 0 Å². The molecule has 2 rings (SSSR count). The molecule has 0 spiro atoms. The molecule has 1 aliphatic heterocycles. The molecule has 0 aliphatic carbocycles. The lowest BCUT2D eigenvalue weighted by atomic mass is 10.2. The van der Waals surface area contributed by atoms with Crippen molar-refractivity contribution in [2.45, 2.75) is 25.7 Å². The molecular formula is C15H22FN3O. The molecule has 1 heterocycles. The van der Waals surface area contributed by atoms with Gasteiger partial charge in [-0.25, -0.2) is 4.39 Å². The van der Waals surface area contributed by atoms with E-state index in [0.29, 0.717) is 12.1 Å². The Kier molecular flexibility index (Phi) is 5.35. The van der Waals surface area contributed by atoms with Gasteiger partial charge in [-0.15, -0.1) is 0 Å². The number of halogens is 1. The summed E-state index contributed by atoms with van der Waals surface area (Å²) in [6.07, 6.45) is 4.66. The first-order valence-electron chi connectivity index (χ1n) is 7.22. The number of carbonyl (C=O) groups excluding carboxylic acids is 1. The van der Waals surface area contributed by atoms with Crippen LogP contribution in [0.3, 0.4) is 0 Å². The number of unbranched alkanes of at least 4 members (excludes halogenated alkanes) is 1. The Balaban J connectivity index is 1.65. The summed E-state index contributed by atoms with van der Waals surface area (Å²) in [4.78, 5) is 14.3. The van der Waals surface area contributed by atoms with E-state index in [0.717, 1.165) is 19.4 Å². The molecule has 1 amide bonds. The van der Waals surface area contributed by atoms with Crippen LogP contribution in [0.15, 0.2) is 18.2 Å². The molecular weight excluding hydrogens is 257 g/mol. The molecule has 1 saturated heterocycles. The van der Waals surface area contributed by atoms with E-state index in [1.54, 1.807) is 0 Å². The summed E-state index contributed by atoms with van der Waals surface area (Å²) in [7, 11) is 0. The Labute approximate surface area is 119 Å². The summed E-state index contributed by atoms with van der Waals surface area (Å²) in [5, 5.41) is 2.84. The molecule has 1 aliphatic rings. The highest BCUT2D eigenvalue weighted by molar-refractivity contribution is 5.94. The van der Waals surface area contributed by atoms with Crippen LogP contribution < -0.4 is 11.1 Å². The normalized spacial score (nSPS) is 15.4. The third-order valence-corrected chi connectivity index (χ3v) is 3.64. The zero-order valence-electron chi connectivity index (χ0n) is 11.7. The molecule has 0 saturated carbocycles. The lowest BCUT2D eigenvalue weighted by molar-refractivity contribution is 0.0952. The molecule has 110 valence electrons. The number of anilines is 1. The van der Waals surface area contributed by atoms with Crippen molar-refractivity contribution in [3.63, 3.8) is 0 Å². The van der Waals surface area contributed by atoms with Crippen molar-refractivity contribution >= 4 is 11.6 Å². The molecule has 5 heteroatoms. The van der Waals surface area contributed by atoms with Crippen LogP contribution in [0, 0.1) is 5.82 Å². The Morgan fingerprint density at radius 1 is 1.30 bits per heavy atom. The minimum absolute atomic E-state index is 0.00619. The number of nitrogen functional groups attached to an aromatic ring is 1.